The highest BCUT2D eigenvalue weighted by Crippen LogP contribution is 2.32. The number of rotatable bonds is 5. The van der Waals surface area contributed by atoms with E-state index in [4.69, 9.17) is 28.3 Å². The minimum atomic E-state index is -3.74. The zero-order valence-corrected chi connectivity index (χ0v) is 13.3. The van der Waals surface area contributed by atoms with E-state index in [1.54, 1.807) is 6.07 Å². The Labute approximate surface area is 129 Å². The van der Waals surface area contributed by atoms with Crippen LogP contribution in [0.1, 0.15) is 25.7 Å². The second-order valence-electron chi connectivity index (χ2n) is 4.85. The van der Waals surface area contributed by atoms with E-state index in [2.05, 4.69) is 0 Å². The molecule has 1 aromatic rings. The zero-order valence-electron chi connectivity index (χ0n) is 10.9. The summed E-state index contributed by atoms with van der Waals surface area (Å²) in [7, 11) is -3.74. The molecule has 20 heavy (non-hydrogen) atoms. The summed E-state index contributed by atoms with van der Waals surface area (Å²) in [6.45, 7) is -0.135. The maximum atomic E-state index is 12.8. The number of aliphatic hydroxyl groups excluding tert-OH is 1. The van der Waals surface area contributed by atoms with Crippen molar-refractivity contribution in [3.63, 3.8) is 0 Å². The first-order chi connectivity index (χ1) is 9.46. The molecule has 0 aromatic heterocycles. The first-order valence-electron chi connectivity index (χ1n) is 6.54. The van der Waals surface area contributed by atoms with Gasteiger partial charge < -0.3 is 5.11 Å². The topological polar surface area (TPSA) is 57.6 Å². The first kappa shape index (κ1) is 16.0. The monoisotopic (exact) mass is 337 g/mol. The standard InChI is InChI=1S/C13H17Cl2NO3S/c14-10-5-6-12(15)13(9-10)20(18,19)16(7-8-17)11-3-1-2-4-11/h5-6,9,11,17H,1-4,7-8H2. The fourth-order valence-electron chi connectivity index (χ4n) is 2.59. The first-order valence-corrected chi connectivity index (χ1v) is 8.74. The van der Waals surface area contributed by atoms with Crippen LogP contribution in [-0.2, 0) is 10.0 Å². The van der Waals surface area contributed by atoms with Gasteiger partial charge in [-0.2, -0.15) is 4.31 Å². The van der Waals surface area contributed by atoms with Gasteiger partial charge in [-0.15, -0.1) is 0 Å². The molecule has 1 aliphatic rings. The van der Waals surface area contributed by atoms with E-state index in [9.17, 15) is 8.42 Å². The highest BCUT2D eigenvalue weighted by molar-refractivity contribution is 7.89. The van der Waals surface area contributed by atoms with Crippen molar-refractivity contribution in [1.29, 1.82) is 0 Å². The highest BCUT2D eigenvalue weighted by Gasteiger charge is 2.34. The van der Waals surface area contributed by atoms with Crippen molar-refractivity contribution in [3.8, 4) is 0 Å². The van der Waals surface area contributed by atoms with Crippen LogP contribution in [-0.4, -0.2) is 37.0 Å². The predicted octanol–water partition coefficient (Wildman–Crippen LogP) is 2.92. The molecule has 1 saturated carbocycles. The van der Waals surface area contributed by atoms with Crippen LogP contribution in [0.15, 0.2) is 23.1 Å². The highest BCUT2D eigenvalue weighted by atomic mass is 35.5. The van der Waals surface area contributed by atoms with Crippen molar-refractivity contribution in [3.05, 3.63) is 28.2 Å². The maximum absolute atomic E-state index is 12.8. The van der Waals surface area contributed by atoms with Gasteiger partial charge in [0, 0.05) is 17.6 Å². The third-order valence-corrected chi connectivity index (χ3v) is 6.20. The summed E-state index contributed by atoms with van der Waals surface area (Å²) in [4.78, 5) is 0.00650. The molecule has 1 aromatic carbocycles. The van der Waals surface area contributed by atoms with E-state index >= 15 is 0 Å². The molecular formula is C13H17Cl2NO3S. The average molecular weight is 338 g/mol. The number of nitrogens with zero attached hydrogens (tertiary/aromatic N) is 1. The third-order valence-electron chi connectivity index (χ3n) is 3.53. The van der Waals surface area contributed by atoms with Crippen LogP contribution < -0.4 is 0 Å². The quantitative estimate of drug-likeness (QED) is 0.898. The van der Waals surface area contributed by atoms with Crippen LogP contribution in [0.5, 0.6) is 0 Å². The van der Waals surface area contributed by atoms with Crippen molar-refractivity contribution in [2.45, 2.75) is 36.6 Å². The second-order valence-corrected chi connectivity index (χ2v) is 7.55. The van der Waals surface area contributed by atoms with Gasteiger partial charge in [0.2, 0.25) is 10.0 Å². The summed E-state index contributed by atoms with van der Waals surface area (Å²) >= 11 is 11.9. The number of aliphatic hydroxyl groups is 1. The molecule has 0 saturated heterocycles. The summed E-state index contributed by atoms with van der Waals surface area (Å²) in [6, 6.07) is 4.32. The lowest BCUT2D eigenvalue weighted by molar-refractivity contribution is 0.226. The van der Waals surface area contributed by atoms with Crippen molar-refractivity contribution < 1.29 is 13.5 Å². The Bertz CT molecular complexity index is 571. The largest absolute Gasteiger partial charge is 0.395 e. The van der Waals surface area contributed by atoms with Gasteiger partial charge in [0.05, 0.1) is 11.6 Å². The molecule has 1 fully saturated rings. The van der Waals surface area contributed by atoms with Crippen LogP contribution in [0, 0.1) is 0 Å². The molecule has 0 bridgehead atoms. The van der Waals surface area contributed by atoms with E-state index in [0.29, 0.717) is 5.02 Å². The van der Waals surface area contributed by atoms with Crippen LogP contribution in [0.2, 0.25) is 10.0 Å². The minimum Gasteiger partial charge on any atom is -0.395 e. The molecule has 0 spiro atoms. The molecule has 0 radical (unpaired) electrons. The van der Waals surface area contributed by atoms with Crippen LogP contribution in [0.25, 0.3) is 0 Å². The van der Waals surface area contributed by atoms with E-state index < -0.39 is 10.0 Å². The molecule has 0 heterocycles. The third kappa shape index (κ3) is 3.28. The smallest absolute Gasteiger partial charge is 0.244 e. The van der Waals surface area contributed by atoms with Crippen molar-refractivity contribution in [1.82, 2.24) is 4.31 Å². The lowest BCUT2D eigenvalue weighted by Gasteiger charge is -2.27. The minimum absolute atomic E-state index is 0.00650. The summed E-state index contributed by atoms with van der Waals surface area (Å²) < 4.78 is 26.9. The molecule has 1 N–H and O–H groups in total. The maximum Gasteiger partial charge on any atom is 0.244 e. The Kier molecular flexibility index (Phi) is 5.31. The lowest BCUT2D eigenvalue weighted by atomic mass is 10.2. The van der Waals surface area contributed by atoms with Gasteiger partial charge in [-0.1, -0.05) is 36.0 Å². The number of hydrogen-bond donors (Lipinski definition) is 1. The van der Waals surface area contributed by atoms with Crippen LogP contribution in [0.4, 0.5) is 0 Å². The van der Waals surface area contributed by atoms with Crippen molar-refractivity contribution in [2.24, 2.45) is 0 Å². The van der Waals surface area contributed by atoms with Crippen LogP contribution in [0.3, 0.4) is 0 Å². The molecule has 2 rings (SSSR count). The van der Waals surface area contributed by atoms with Gasteiger partial charge in [-0.05, 0) is 31.0 Å². The number of benzene rings is 1. The number of sulfonamides is 1. The fourth-order valence-corrected chi connectivity index (χ4v) is 5.01. The Balaban J connectivity index is 2.41. The molecule has 0 amide bonds. The number of hydrogen-bond acceptors (Lipinski definition) is 3. The molecular weight excluding hydrogens is 321 g/mol. The molecule has 112 valence electrons. The van der Waals surface area contributed by atoms with Gasteiger partial charge in [-0.3, -0.25) is 0 Å². The van der Waals surface area contributed by atoms with Gasteiger partial charge in [0.15, 0.2) is 0 Å². The van der Waals surface area contributed by atoms with E-state index in [1.165, 1.54) is 16.4 Å². The Morgan fingerprint density at radius 3 is 2.50 bits per heavy atom. The summed E-state index contributed by atoms with van der Waals surface area (Å²) in [5, 5.41) is 9.64. The Morgan fingerprint density at radius 2 is 1.90 bits per heavy atom. The molecule has 4 nitrogen and oxygen atoms in total. The normalized spacial score (nSPS) is 17.0. The molecule has 1 aliphatic carbocycles. The lowest BCUT2D eigenvalue weighted by Crippen LogP contribution is -2.40. The van der Waals surface area contributed by atoms with Crippen molar-refractivity contribution >= 4 is 33.2 Å². The van der Waals surface area contributed by atoms with E-state index in [0.717, 1.165) is 25.7 Å². The molecule has 0 aliphatic heterocycles. The van der Waals surface area contributed by atoms with Gasteiger partial charge >= 0.3 is 0 Å². The van der Waals surface area contributed by atoms with Gasteiger partial charge in [0.1, 0.15) is 4.90 Å². The van der Waals surface area contributed by atoms with Gasteiger partial charge in [-0.25, -0.2) is 8.42 Å². The van der Waals surface area contributed by atoms with E-state index in [-0.39, 0.29) is 29.1 Å². The Hall–Kier alpha value is -0.330. The SMILES string of the molecule is O=S(=O)(c1cc(Cl)ccc1Cl)N(CCO)C1CCCC1. The second kappa shape index (κ2) is 6.62. The fraction of sp³-hybridized carbons (Fsp3) is 0.538. The Morgan fingerprint density at radius 1 is 1.25 bits per heavy atom. The molecule has 0 atom stereocenters. The summed E-state index contributed by atoms with van der Waals surface area (Å²) in [6.07, 6.45) is 3.64. The molecule has 0 unspecified atom stereocenters. The van der Waals surface area contributed by atoms with Crippen molar-refractivity contribution in [2.75, 3.05) is 13.2 Å². The summed E-state index contributed by atoms with van der Waals surface area (Å²) in [5.41, 5.74) is 0. The van der Waals surface area contributed by atoms with Gasteiger partial charge in [0.25, 0.3) is 0 Å². The zero-order chi connectivity index (χ0) is 14.8. The predicted molar refractivity (Wildman–Crippen MR) is 79.7 cm³/mol. The number of halogens is 2. The molecule has 7 heteroatoms. The van der Waals surface area contributed by atoms with Crippen LogP contribution >= 0.6 is 23.2 Å². The average Bonchev–Trinajstić information content (AvgIpc) is 2.92. The summed E-state index contributed by atoms with van der Waals surface area (Å²) in [5.74, 6) is 0. The van der Waals surface area contributed by atoms with E-state index in [1.807, 2.05) is 0 Å².